The SMILES string of the molecule is O=C(NC1CC2CCC1N2)c1ncc(Oc2cccc(Cl)c2)o1. The molecule has 120 valence electrons. The lowest BCUT2D eigenvalue weighted by Crippen LogP contribution is -2.43. The first-order valence-corrected chi connectivity index (χ1v) is 8.01. The van der Waals surface area contributed by atoms with Crippen molar-refractivity contribution in [1.29, 1.82) is 0 Å². The van der Waals surface area contributed by atoms with Gasteiger partial charge in [-0.15, -0.1) is 0 Å². The fourth-order valence-corrected chi connectivity index (χ4v) is 3.45. The number of hydrogen-bond acceptors (Lipinski definition) is 5. The minimum atomic E-state index is -0.315. The molecule has 3 heterocycles. The van der Waals surface area contributed by atoms with Gasteiger partial charge < -0.3 is 19.8 Å². The highest BCUT2D eigenvalue weighted by Gasteiger charge is 2.40. The Morgan fingerprint density at radius 1 is 1.43 bits per heavy atom. The third-order valence-corrected chi connectivity index (χ3v) is 4.54. The Hall–Kier alpha value is -2.05. The van der Waals surface area contributed by atoms with Gasteiger partial charge in [0.2, 0.25) is 0 Å². The van der Waals surface area contributed by atoms with Gasteiger partial charge in [-0.05, 0) is 37.5 Å². The number of nitrogens with zero attached hydrogens (tertiary/aromatic N) is 1. The van der Waals surface area contributed by atoms with Crippen LogP contribution in [0.4, 0.5) is 0 Å². The first-order chi connectivity index (χ1) is 11.2. The molecule has 1 amide bonds. The molecule has 0 radical (unpaired) electrons. The summed E-state index contributed by atoms with van der Waals surface area (Å²) in [5, 5.41) is 7.01. The average Bonchev–Trinajstić information content (AvgIpc) is 3.23. The van der Waals surface area contributed by atoms with E-state index in [1.807, 2.05) is 0 Å². The molecule has 3 unspecified atom stereocenters. The second-order valence-corrected chi connectivity index (χ2v) is 6.34. The molecule has 0 aliphatic carbocycles. The highest BCUT2D eigenvalue weighted by Crippen LogP contribution is 2.29. The molecule has 2 aliphatic rings. The lowest BCUT2D eigenvalue weighted by atomic mass is 9.95. The summed E-state index contributed by atoms with van der Waals surface area (Å²) in [4.78, 5) is 16.2. The second-order valence-electron chi connectivity index (χ2n) is 5.91. The zero-order valence-electron chi connectivity index (χ0n) is 12.3. The van der Waals surface area contributed by atoms with Crippen molar-refractivity contribution in [3.8, 4) is 11.7 Å². The molecule has 1 aromatic heterocycles. The molecule has 0 saturated carbocycles. The van der Waals surface area contributed by atoms with Crippen molar-refractivity contribution in [2.24, 2.45) is 0 Å². The summed E-state index contributed by atoms with van der Waals surface area (Å²) < 4.78 is 10.9. The van der Waals surface area contributed by atoms with E-state index in [1.165, 1.54) is 12.6 Å². The van der Waals surface area contributed by atoms with Gasteiger partial charge in [-0.25, -0.2) is 4.98 Å². The number of oxazole rings is 1. The van der Waals surface area contributed by atoms with Crippen molar-refractivity contribution in [2.75, 3.05) is 0 Å². The largest absolute Gasteiger partial charge is 0.425 e. The molecule has 1 aromatic carbocycles. The molecule has 4 rings (SSSR count). The van der Waals surface area contributed by atoms with E-state index in [0.29, 0.717) is 22.9 Å². The molecular weight excluding hydrogens is 318 g/mol. The predicted molar refractivity (Wildman–Crippen MR) is 83.8 cm³/mol. The molecule has 3 atom stereocenters. The first-order valence-electron chi connectivity index (χ1n) is 7.63. The van der Waals surface area contributed by atoms with Gasteiger partial charge in [0.05, 0.1) is 0 Å². The highest BCUT2D eigenvalue weighted by molar-refractivity contribution is 6.30. The number of carbonyl (C=O) groups excluding carboxylic acids is 1. The van der Waals surface area contributed by atoms with Crippen LogP contribution in [0.1, 0.15) is 29.9 Å². The fourth-order valence-electron chi connectivity index (χ4n) is 3.27. The summed E-state index contributed by atoms with van der Waals surface area (Å²) in [6.45, 7) is 0. The molecule has 2 saturated heterocycles. The quantitative estimate of drug-likeness (QED) is 0.899. The lowest BCUT2D eigenvalue weighted by molar-refractivity contribution is 0.0891. The third-order valence-electron chi connectivity index (χ3n) is 4.31. The molecule has 2 N–H and O–H groups in total. The Morgan fingerprint density at radius 3 is 3.09 bits per heavy atom. The number of fused-ring (bicyclic) bond motifs is 2. The number of ether oxygens (including phenoxy) is 1. The van der Waals surface area contributed by atoms with E-state index in [4.69, 9.17) is 20.8 Å². The molecule has 2 aromatic rings. The molecule has 2 bridgehead atoms. The molecule has 0 spiro atoms. The number of aromatic nitrogens is 1. The number of nitrogens with one attached hydrogen (secondary N) is 2. The van der Waals surface area contributed by atoms with E-state index in [2.05, 4.69) is 15.6 Å². The molecule has 2 fully saturated rings. The van der Waals surface area contributed by atoms with Gasteiger partial charge in [-0.3, -0.25) is 4.79 Å². The molecule has 23 heavy (non-hydrogen) atoms. The third kappa shape index (κ3) is 3.04. The Labute approximate surface area is 138 Å². The number of carbonyl (C=O) groups is 1. The summed E-state index contributed by atoms with van der Waals surface area (Å²) >= 11 is 5.90. The highest BCUT2D eigenvalue weighted by atomic mass is 35.5. The molecule has 6 nitrogen and oxygen atoms in total. The van der Waals surface area contributed by atoms with Crippen LogP contribution in [-0.2, 0) is 0 Å². The van der Waals surface area contributed by atoms with Crippen molar-refractivity contribution in [1.82, 2.24) is 15.6 Å². The van der Waals surface area contributed by atoms with Crippen LogP contribution in [0.3, 0.4) is 0 Å². The van der Waals surface area contributed by atoms with Gasteiger partial charge in [0.25, 0.3) is 5.89 Å². The summed E-state index contributed by atoms with van der Waals surface area (Å²) in [6, 6.07) is 7.95. The van der Waals surface area contributed by atoms with Crippen LogP contribution in [0.5, 0.6) is 11.7 Å². The van der Waals surface area contributed by atoms with Gasteiger partial charge in [0, 0.05) is 23.1 Å². The van der Waals surface area contributed by atoms with E-state index in [1.54, 1.807) is 24.3 Å². The van der Waals surface area contributed by atoms with E-state index >= 15 is 0 Å². The van der Waals surface area contributed by atoms with Crippen LogP contribution in [0.2, 0.25) is 5.02 Å². The number of rotatable bonds is 4. The van der Waals surface area contributed by atoms with E-state index in [9.17, 15) is 4.79 Å². The zero-order valence-corrected chi connectivity index (χ0v) is 13.0. The van der Waals surface area contributed by atoms with E-state index in [-0.39, 0.29) is 23.8 Å². The van der Waals surface area contributed by atoms with Crippen LogP contribution >= 0.6 is 11.6 Å². The molecule has 7 heteroatoms. The Balaban J connectivity index is 1.40. The second kappa shape index (κ2) is 5.86. The van der Waals surface area contributed by atoms with Crippen molar-refractivity contribution >= 4 is 17.5 Å². The topological polar surface area (TPSA) is 76.4 Å². The first kappa shape index (κ1) is 14.5. The Bertz CT molecular complexity index is 733. The van der Waals surface area contributed by atoms with Crippen molar-refractivity contribution in [2.45, 2.75) is 37.4 Å². The van der Waals surface area contributed by atoms with E-state index in [0.717, 1.165) is 12.8 Å². The minimum absolute atomic E-state index is 0.00445. The van der Waals surface area contributed by atoms with Gasteiger partial charge in [-0.2, -0.15) is 0 Å². The average molecular weight is 334 g/mol. The van der Waals surface area contributed by atoms with Gasteiger partial charge in [0.15, 0.2) is 0 Å². The fraction of sp³-hybridized carbons (Fsp3) is 0.375. The van der Waals surface area contributed by atoms with Gasteiger partial charge in [-0.1, -0.05) is 17.7 Å². The maximum Gasteiger partial charge on any atom is 0.311 e. The lowest BCUT2D eigenvalue weighted by Gasteiger charge is -2.20. The van der Waals surface area contributed by atoms with Crippen molar-refractivity contribution < 1.29 is 13.9 Å². The number of hydrogen-bond donors (Lipinski definition) is 2. The Kier molecular flexibility index (Phi) is 3.71. The van der Waals surface area contributed by atoms with Crippen molar-refractivity contribution in [3.05, 3.63) is 41.4 Å². The zero-order chi connectivity index (χ0) is 15.8. The van der Waals surface area contributed by atoms with Crippen LogP contribution in [0.25, 0.3) is 0 Å². The summed E-state index contributed by atoms with van der Waals surface area (Å²) in [6.07, 6.45) is 4.63. The van der Waals surface area contributed by atoms with Crippen molar-refractivity contribution in [3.63, 3.8) is 0 Å². The number of halogens is 1. The standard InChI is InChI=1S/C16H16ClN3O3/c17-9-2-1-3-11(6-9)22-14-8-18-16(23-14)15(21)20-13-7-10-4-5-12(13)19-10/h1-3,6,8,10,12-13,19H,4-5,7H2,(H,20,21). The summed E-state index contributed by atoms with van der Waals surface area (Å²) in [5.74, 6) is 0.372. The smallest absolute Gasteiger partial charge is 0.311 e. The summed E-state index contributed by atoms with van der Waals surface area (Å²) in [5.41, 5.74) is 0. The number of amides is 1. The van der Waals surface area contributed by atoms with Gasteiger partial charge in [0.1, 0.15) is 11.9 Å². The number of benzene rings is 1. The minimum Gasteiger partial charge on any atom is -0.425 e. The van der Waals surface area contributed by atoms with Crippen LogP contribution in [-0.4, -0.2) is 29.0 Å². The molecular formula is C16H16ClN3O3. The Morgan fingerprint density at radius 2 is 2.35 bits per heavy atom. The maximum absolute atomic E-state index is 12.2. The normalized spacial score (nSPS) is 25.5. The van der Waals surface area contributed by atoms with Crippen LogP contribution in [0, 0.1) is 0 Å². The monoisotopic (exact) mass is 333 g/mol. The van der Waals surface area contributed by atoms with Crippen LogP contribution in [0.15, 0.2) is 34.9 Å². The predicted octanol–water partition coefficient (Wildman–Crippen LogP) is 2.74. The molecule has 2 aliphatic heterocycles. The summed E-state index contributed by atoms with van der Waals surface area (Å²) in [7, 11) is 0. The van der Waals surface area contributed by atoms with Gasteiger partial charge >= 0.3 is 11.9 Å². The maximum atomic E-state index is 12.2. The van der Waals surface area contributed by atoms with E-state index < -0.39 is 0 Å². The van der Waals surface area contributed by atoms with Crippen LogP contribution < -0.4 is 15.4 Å².